The third kappa shape index (κ3) is 4.04. The first-order chi connectivity index (χ1) is 13.3. The topological polar surface area (TPSA) is 17.1 Å². The van der Waals surface area contributed by atoms with Crippen LogP contribution in [-0.2, 0) is 15.2 Å². The molecule has 27 heavy (non-hydrogen) atoms. The van der Waals surface area contributed by atoms with Gasteiger partial charge >= 0.3 is 175 Å². The number of fused-ring (bicyclic) bond motifs is 2. The van der Waals surface area contributed by atoms with E-state index in [0.717, 1.165) is 26.6 Å². The van der Waals surface area contributed by atoms with Crippen LogP contribution in [0.5, 0.6) is 0 Å². The molecule has 4 heteroatoms. The molecule has 0 fully saturated rings. The zero-order valence-corrected chi connectivity index (χ0v) is 19.5. The molecule has 1 aliphatic heterocycles. The fourth-order valence-corrected chi connectivity index (χ4v) is 12.1. The predicted molar refractivity (Wildman–Crippen MR) is 119 cm³/mol. The molecule has 0 radical (unpaired) electrons. The Labute approximate surface area is 174 Å². The minimum atomic E-state index is -2.88. The first-order valence-corrected chi connectivity index (χ1v) is 15.8. The molecule has 3 aromatic carbocycles. The van der Waals surface area contributed by atoms with Gasteiger partial charge in [0, 0.05) is 0 Å². The molecule has 0 atom stereocenters. The molecule has 0 saturated carbocycles. The molecule has 0 aromatic heterocycles. The van der Waals surface area contributed by atoms with Crippen LogP contribution in [0.4, 0.5) is 0 Å². The second-order valence-electron chi connectivity index (χ2n) is 6.66. The molecule has 138 valence electrons. The van der Waals surface area contributed by atoms with Gasteiger partial charge in [0.2, 0.25) is 0 Å². The van der Waals surface area contributed by atoms with Crippen molar-refractivity contribution in [2.75, 3.05) is 0 Å². The van der Waals surface area contributed by atoms with E-state index in [4.69, 9.17) is 0 Å². The monoisotopic (exact) mass is 506 g/mol. The van der Waals surface area contributed by atoms with Crippen LogP contribution in [0, 0.1) is 0 Å². The van der Waals surface area contributed by atoms with Gasteiger partial charge < -0.3 is 0 Å². The van der Waals surface area contributed by atoms with Gasteiger partial charge in [-0.2, -0.15) is 0 Å². The maximum absolute atomic E-state index is 14.9. The van der Waals surface area contributed by atoms with E-state index >= 15 is 0 Å². The summed E-state index contributed by atoms with van der Waals surface area (Å²) in [5, 5.41) is 7.89. The zero-order valence-electron chi connectivity index (χ0n) is 15.2. The molecule has 1 nitrogen and oxygen atoms in total. The van der Waals surface area contributed by atoms with Gasteiger partial charge in [-0.15, -0.1) is 0 Å². The number of benzene rings is 3. The Bertz CT molecular complexity index is 900. The van der Waals surface area contributed by atoms with Gasteiger partial charge in [0.25, 0.3) is 0 Å². The third-order valence-corrected chi connectivity index (χ3v) is 12.7. The summed E-state index contributed by atoms with van der Waals surface area (Å²) in [4.78, 5) is 0. The molecular formula is C23H23OPSe2. The predicted octanol–water partition coefficient (Wildman–Crippen LogP) is 3.97. The number of hydrogen-bond acceptors (Lipinski definition) is 1. The number of rotatable bonds is 1. The summed E-state index contributed by atoms with van der Waals surface area (Å²) in [6.07, 6.45) is 1.35. The zero-order chi connectivity index (χ0) is 18.5. The second kappa shape index (κ2) is 8.95. The number of hydrogen-bond donors (Lipinski definition) is 0. The summed E-state index contributed by atoms with van der Waals surface area (Å²) in [6.45, 7) is 0. The average molecular weight is 504 g/mol. The van der Waals surface area contributed by atoms with Crippen molar-refractivity contribution in [3.8, 4) is 0 Å². The molecular weight excluding hydrogens is 481 g/mol. The first-order valence-electron chi connectivity index (χ1n) is 9.28. The second-order valence-corrected chi connectivity index (χ2v) is 14.0. The molecule has 1 aliphatic rings. The van der Waals surface area contributed by atoms with E-state index in [1.54, 1.807) is 0 Å². The first kappa shape index (κ1) is 19.3. The summed E-state index contributed by atoms with van der Waals surface area (Å²) in [5.41, 5.74) is 2.57. The van der Waals surface area contributed by atoms with Gasteiger partial charge in [-0.3, -0.25) is 0 Å². The fourth-order valence-electron chi connectivity index (χ4n) is 3.55. The summed E-state index contributed by atoms with van der Waals surface area (Å²) < 4.78 is 14.9. The van der Waals surface area contributed by atoms with Crippen molar-refractivity contribution < 1.29 is 4.57 Å². The van der Waals surface area contributed by atoms with Crippen LogP contribution >= 0.6 is 7.14 Å². The third-order valence-electron chi connectivity index (χ3n) is 4.87. The molecule has 1 heterocycles. The van der Waals surface area contributed by atoms with Gasteiger partial charge in [-0.05, 0) is 0 Å². The van der Waals surface area contributed by atoms with Crippen molar-refractivity contribution in [2.45, 2.75) is 27.7 Å². The summed E-state index contributed by atoms with van der Waals surface area (Å²) >= 11 is 1.18. The molecule has 0 saturated heterocycles. The van der Waals surface area contributed by atoms with E-state index < -0.39 is 7.14 Å². The summed E-state index contributed by atoms with van der Waals surface area (Å²) in [6, 6.07) is 27.1. The Morgan fingerprint density at radius 2 is 1.11 bits per heavy atom. The van der Waals surface area contributed by atoms with E-state index in [9.17, 15) is 4.57 Å². The Kier molecular flexibility index (Phi) is 6.38. The van der Waals surface area contributed by atoms with Crippen LogP contribution in [0.2, 0.25) is 10.6 Å². The SMILES string of the molecule is O=P1(c2ccccc2)c2ccccc2C[Se]CCC[Se]Cc2ccccc21. The van der Waals surface area contributed by atoms with Crippen LogP contribution in [-0.4, -0.2) is 29.9 Å². The van der Waals surface area contributed by atoms with E-state index in [1.165, 1.54) is 28.2 Å². The fraction of sp³-hybridized carbons (Fsp3) is 0.217. The normalized spacial score (nSPS) is 17.0. The van der Waals surface area contributed by atoms with Crippen LogP contribution in [0.15, 0.2) is 78.9 Å². The van der Waals surface area contributed by atoms with E-state index in [2.05, 4.69) is 60.7 Å². The van der Waals surface area contributed by atoms with Crippen LogP contribution in [0.25, 0.3) is 0 Å². The van der Waals surface area contributed by atoms with Gasteiger partial charge in [0.05, 0.1) is 0 Å². The maximum atomic E-state index is 14.9. The van der Waals surface area contributed by atoms with E-state index in [1.807, 2.05) is 18.2 Å². The molecule has 0 N–H and O–H groups in total. The molecule has 0 aliphatic carbocycles. The van der Waals surface area contributed by atoms with Gasteiger partial charge in [0.1, 0.15) is 0 Å². The minimum absolute atomic E-state index is 0.590. The van der Waals surface area contributed by atoms with Crippen molar-refractivity contribution >= 4 is 53.0 Å². The summed E-state index contributed by atoms with van der Waals surface area (Å²) in [5.74, 6) is 0. The van der Waals surface area contributed by atoms with Crippen molar-refractivity contribution in [1.82, 2.24) is 0 Å². The standard InChI is InChI=1S/C23H23OPSe2/c24-25(21-11-2-1-3-12-21)22-13-6-4-9-19(22)17-26-15-8-16-27-18-20-10-5-7-14-23(20)25/h1-7,9-14H,8,15-18H2. The van der Waals surface area contributed by atoms with E-state index in [0.29, 0.717) is 29.9 Å². The summed E-state index contributed by atoms with van der Waals surface area (Å²) in [7, 11) is -2.88. The Balaban J connectivity index is 1.99. The van der Waals surface area contributed by atoms with Gasteiger partial charge in [-0.1, -0.05) is 0 Å². The van der Waals surface area contributed by atoms with Gasteiger partial charge in [-0.25, -0.2) is 0 Å². The van der Waals surface area contributed by atoms with Crippen LogP contribution < -0.4 is 15.9 Å². The Hall–Kier alpha value is -1.07. The van der Waals surface area contributed by atoms with Crippen molar-refractivity contribution in [1.29, 1.82) is 0 Å². The molecule has 0 amide bonds. The quantitative estimate of drug-likeness (QED) is 0.362. The molecule has 0 bridgehead atoms. The van der Waals surface area contributed by atoms with Crippen LogP contribution in [0.3, 0.4) is 0 Å². The molecule has 0 spiro atoms. The Morgan fingerprint density at radius 3 is 1.67 bits per heavy atom. The molecule has 4 rings (SSSR count). The van der Waals surface area contributed by atoms with Crippen molar-refractivity contribution in [2.24, 2.45) is 0 Å². The van der Waals surface area contributed by atoms with Crippen molar-refractivity contribution in [3.63, 3.8) is 0 Å². The molecule has 0 unspecified atom stereocenters. The van der Waals surface area contributed by atoms with Crippen LogP contribution in [0.1, 0.15) is 17.5 Å². The van der Waals surface area contributed by atoms with Crippen molar-refractivity contribution in [3.05, 3.63) is 90.0 Å². The molecule has 3 aromatic rings. The van der Waals surface area contributed by atoms with E-state index in [-0.39, 0.29) is 0 Å². The van der Waals surface area contributed by atoms with Gasteiger partial charge in [0.15, 0.2) is 0 Å². The Morgan fingerprint density at radius 1 is 0.630 bits per heavy atom. The average Bonchev–Trinajstić information content (AvgIpc) is 2.73.